The topological polar surface area (TPSA) is 52.2 Å². The van der Waals surface area contributed by atoms with Crippen LogP contribution in [0.3, 0.4) is 0 Å². The Morgan fingerprint density at radius 1 is 0.826 bits per heavy atom. The number of nitrogens with zero attached hydrogens (tertiary/aromatic N) is 2. The lowest BCUT2D eigenvalue weighted by Crippen LogP contribution is -2.36. The summed E-state index contributed by atoms with van der Waals surface area (Å²) in [6.45, 7) is 13.9. The normalized spacial score (nSPS) is 20.1. The summed E-state index contributed by atoms with van der Waals surface area (Å²) in [5, 5.41) is 10.6. The van der Waals surface area contributed by atoms with E-state index < -0.39 is 0 Å². The molecule has 5 heteroatoms. The number of hydrogen-bond donors (Lipinski definition) is 3. The van der Waals surface area contributed by atoms with Crippen molar-refractivity contribution in [2.24, 2.45) is 0 Å². The van der Waals surface area contributed by atoms with Crippen molar-refractivity contribution in [3.05, 3.63) is 29.1 Å². The molecule has 0 aromatic carbocycles. The largest absolute Gasteiger partial charge is 0.315 e. The minimum atomic E-state index is 1.02. The molecule has 2 heterocycles. The van der Waals surface area contributed by atoms with Gasteiger partial charge in [0.2, 0.25) is 0 Å². The minimum Gasteiger partial charge on any atom is -0.315 e. The Hall–Kier alpha value is -1.01. The van der Waals surface area contributed by atoms with Crippen molar-refractivity contribution in [1.29, 1.82) is 0 Å². The van der Waals surface area contributed by atoms with Gasteiger partial charge < -0.3 is 16.0 Å². The maximum Gasteiger partial charge on any atom is 0.0379 e. The van der Waals surface area contributed by atoms with E-state index in [4.69, 9.17) is 0 Å². The van der Waals surface area contributed by atoms with E-state index in [0.29, 0.717) is 0 Å². The number of aryl methyl sites for hydroxylation is 2. The molecule has 0 spiro atoms. The standard InChI is InChI=1S/C18H33N5/c1-16-13-18(14-17(2)22-16)15-23-11-4-7-20-9-8-19-5-3-6-21-10-12-23/h13-14,19-21H,3-12,15H2,1-2H3. The average molecular weight is 319 g/mol. The second kappa shape index (κ2) is 10.7. The molecule has 0 bridgehead atoms. The molecule has 1 fully saturated rings. The zero-order valence-electron chi connectivity index (χ0n) is 14.8. The lowest BCUT2D eigenvalue weighted by Gasteiger charge is -2.23. The quantitative estimate of drug-likeness (QED) is 0.761. The first-order valence-corrected chi connectivity index (χ1v) is 9.03. The van der Waals surface area contributed by atoms with Gasteiger partial charge in [-0.25, -0.2) is 0 Å². The molecular formula is C18H33N5. The zero-order valence-corrected chi connectivity index (χ0v) is 14.8. The highest BCUT2D eigenvalue weighted by atomic mass is 15.1. The average Bonchev–Trinajstić information content (AvgIpc) is 2.50. The molecule has 0 unspecified atom stereocenters. The summed E-state index contributed by atoms with van der Waals surface area (Å²) in [5.41, 5.74) is 3.62. The predicted molar refractivity (Wildman–Crippen MR) is 96.8 cm³/mol. The van der Waals surface area contributed by atoms with Gasteiger partial charge in [0, 0.05) is 44.1 Å². The van der Waals surface area contributed by atoms with Gasteiger partial charge in [0.05, 0.1) is 0 Å². The van der Waals surface area contributed by atoms with Gasteiger partial charge in [-0.2, -0.15) is 0 Å². The van der Waals surface area contributed by atoms with Crippen LogP contribution < -0.4 is 16.0 Å². The number of aromatic nitrogens is 1. The van der Waals surface area contributed by atoms with Crippen LogP contribution in [0.25, 0.3) is 0 Å². The molecule has 1 aliphatic rings. The maximum atomic E-state index is 4.48. The van der Waals surface area contributed by atoms with Crippen LogP contribution in [-0.4, -0.2) is 62.2 Å². The van der Waals surface area contributed by atoms with Crippen molar-refractivity contribution in [2.75, 3.05) is 52.4 Å². The molecule has 0 saturated carbocycles. The fourth-order valence-corrected chi connectivity index (χ4v) is 3.10. The highest BCUT2D eigenvalue weighted by Crippen LogP contribution is 2.09. The van der Waals surface area contributed by atoms with Crippen molar-refractivity contribution >= 4 is 0 Å². The van der Waals surface area contributed by atoms with Crippen LogP contribution >= 0.6 is 0 Å². The summed E-state index contributed by atoms with van der Waals surface area (Å²) in [7, 11) is 0. The van der Waals surface area contributed by atoms with Crippen molar-refractivity contribution in [3.8, 4) is 0 Å². The molecule has 5 nitrogen and oxygen atoms in total. The lowest BCUT2D eigenvalue weighted by molar-refractivity contribution is 0.259. The summed E-state index contributed by atoms with van der Waals surface area (Å²) in [6.07, 6.45) is 2.39. The van der Waals surface area contributed by atoms with Crippen LogP contribution in [0.2, 0.25) is 0 Å². The molecule has 0 aliphatic carbocycles. The van der Waals surface area contributed by atoms with E-state index in [9.17, 15) is 0 Å². The van der Waals surface area contributed by atoms with Gasteiger partial charge in [-0.3, -0.25) is 9.88 Å². The third-order valence-electron chi connectivity index (χ3n) is 4.17. The Morgan fingerprint density at radius 3 is 2.13 bits per heavy atom. The molecule has 2 rings (SSSR count). The number of rotatable bonds is 2. The Labute approximate surface area is 141 Å². The SMILES string of the molecule is Cc1cc(CN2CCCNCCNCCCNCC2)cc(C)n1. The van der Waals surface area contributed by atoms with E-state index >= 15 is 0 Å². The number of nitrogens with one attached hydrogen (secondary N) is 3. The van der Waals surface area contributed by atoms with Gasteiger partial charge in [0.15, 0.2) is 0 Å². The summed E-state index contributed by atoms with van der Waals surface area (Å²) >= 11 is 0. The molecule has 1 aromatic rings. The molecule has 3 N–H and O–H groups in total. The second-order valence-corrected chi connectivity index (χ2v) is 6.49. The van der Waals surface area contributed by atoms with Gasteiger partial charge >= 0.3 is 0 Å². The van der Waals surface area contributed by atoms with Crippen LogP contribution in [0, 0.1) is 13.8 Å². The van der Waals surface area contributed by atoms with Crippen molar-refractivity contribution < 1.29 is 0 Å². The fourth-order valence-electron chi connectivity index (χ4n) is 3.10. The first-order valence-electron chi connectivity index (χ1n) is 9.03. The molecular weight excluding hydrogens is 286 g/mol. The highest BCUT2D eigenvalue weighted by Gasteiger charge is 2.07. The molecule has 1 aliphatic heterocycles. The Morgan fingerprint density at radius 2 is 1.43 bits per heavy atom. The van der Waals surface area contributed by atoms with Crippen molar-refractivity contribution in [3.63, 3.8) is 0 Å². The third kappa shape index (κ3) is 7.88. The van der Waals surface area contributed by atoms with E-state index in [0.717, 1.165) is 70.3 Å². The van der Waals surface area contributed by atoms with Gasteiger partial charge in [-0.15, -0.1) is 0 Å². The number of hydrogen-bond acceptors (Lipinski definition) is 5. The minimum absolute atomic E-state index is 1.02. The Kier molecular flexibility index (Phi) is 8.53. The summed E-state index contributed by atoms with van der Waals surface area (Å²) in [4.78, 5) is 7.05. The van der Waals surface area contributed by atoms with E-state index in [1.54, 1.807) is 0 Å². The van der Waals surface area contributed by atoms with Gasteiger partial charge in [0.25, 0.3) is 0 Å². The number of pyridine rings is 1. The zero-order chi connectivity index (χ0) is 16.3. The third-order valence-corrected chi connectivity index (χ3v) is 4.17. The van der Waals surface area contributed by atoms with Crippen LogP contribution in [0.1, 0.15) is 29.8 Å². The first kappa shape index (κ1) is 18.3. The first-order chi connectivity index (χ1) is 11.2. The van der Waals surface area contributed by atoms with Crippen molar-refractivity contribution in [1.82, 2.24) is 25.8 Å². The summed E-state index contributed by atoms with van der Waals surface area (Å²) < 4.78 is 0. The smallest absolute Gasteiger partial charge is 0.0379 e. The van der Waals surface area contributed by atoms with Crippen LogP contribution in [0.4, 0.5) is 0 Å². The lowest BCUT2D eigenvalue weighted by atomic mass is 10.2. The van der Waals surface area contributed by atoms with E-state index in [-0.39, 0.29) is 0 Å². The molecule has 1 aromatic heterocycles. The second-order valence-electron chi connectivity index (χ2n) is 6.49. The summed E-state index contributed by atoms with van der Waals surface area (Å²) in [5.74, 6) is 0. The highest BCUT2D eigenvalue weighted by molar-refractivity contribution is 5.20. The molecule has 0 atom stereocenters. The van der Waals surface area contributed by atoms with Gasteiger partial charge in [0.1, 0.15) is 0 Å². The van der Waals surface area contributed by atoms with Crippen LogP contribution in [-0.2, 0) is 6.54 Å². The molecule has 0 amide bonds. The van der Waals surface area contributed by atoms with E-state index in [1.807, 2.05) is 0 Å². The monoisotopic (exact) mass is 319 g/mol. The molecule has 130 valence electrons. The van der Waals surface area contributed by atoms with Gasteiger partial charge in [-0.1, -0.05) is 0 Å². The molecule has 0 radical (unpaired) electrons. The van der Waals surface area contributed by atoms with E-state index in [2.05, 4.69) is 51.8 Å². The molecule has 23 heavy (non-hydrogen) atoms. The van der Waals surface area contributed by atoms with Crippen LogP contribution in [0.5, 0.6) is 0 Å². The maximum absolute atomic E-state index is 4.48. The van der Waals surface area contributed by atoms with E-state index in [1.165, 1.54) is 18.4 Å². The predicted octanol–water partition coefficient (Wildman–Crippen LogP) is 1.06. The van der Waals surface area contributed by atoms with Crippen molar-refractivity contribution in [2.45, 2.75) is 33.2 Å². The van der Waals surface area contributed by atoms with Gasteiger partial charge in [-0.05, 0) is 70.6 Å². The fraction of sp³-hybridized carbons (Fsp3) is 0.722. The summed E-state index contributed by atoms with van der Waals surface area (Å²) in [6, 6.07) is 4.44. The van der Waals surface area contributed by atoms with Crippen LogP contribution in [0.15, 0.2) is 12.1 Å². The Balaban J connectivity index is 1.87. The Bertz CT molecular complexity index is 415. The molecule has 1 saturated heterocycles.